The van der Waals surface area contributed by atoms with Crippen molar-refractivity contribution in [2.45, 2.75) is 0 Å². The fraction of sp³-hybridized carbons (Fsp3) is 0. The lowest BCUT2D eigenvalue weighted by Crippen LogP contribution is -1.93. The number of benzene rings is 1. The molecule has 0 bridgehead atoms. The highest BCUT2D eigenvalue weighted by Crippen LogP contribution is 2.30. The van der Waals surface area contributed by atoms with Crippen LogP contribution in [0.3, 0.4) is 0 Å². The molecule has 3 aromatic heterocycles. The second kappa shape index (κ2) is 8.20. The summed E-state index contributed by atoms with van der Waals surface area (Å²) in [5.41, 5.74) is 6.91. The van der Waals surface area contributed by atoms with Crippen molar-refractivity contribution in [1.82, 2.24) is 15.0 Å². The second-order valence-electron chi connectivity index (χ2n) is 5.78. The van der Waals surface area contributed by atoms with E-state index in [4.69, 9.17) is 5.26 Å². The summed E-state index contributed by atoms with van der Waals surface area (Å²) in [6.45, 7) is 0. The van der Waals surface area contributed by atoms with E-state index in [0.29, 0.717) is 5.56 Å². The standard InChI is InChI=1S/C21H14N6S/c22-11-15-6-8-17(9-7-15)27-25-13-18-4-1-5-19(26-18)20-14-24-21(28-20)16-3-2-10-23-12-16/h1-10,12-14,27H/b25-13+. The van der Waals surface area contributed by atoms with Gasteiger partial charge < -0.3 is 0 Å². The summed E-state index contributed by atoms with van der Waals surface area (Å²) >= 11 is 1.57. The van der Waals surface area contributed by atoms with Gasteiger partial charge in [0.15, 0.2) is 0 Å². The maximum absolute atomic E-state index is 8.82. The Morgan fingerprint density at radius 3 is 2.71 bits per heavy atom. The van der Waals surface area contributed by atoms with Gasteiger partial charge in [-0.05, 0) is 48.5 Å². The molecule has 0 spiro atoms. The van der Waals surface area contributed by atoms with Gasteiger partial charge in [0, 0.05) is 24.2 Å². The molecule has 0 amide bonds. The van der Waals surface area contributed by atoms with Crippen molar-refractivity contribution in [3.8, 4) is 27.2 Å². The summed E-state index contributed by atoms with van der Waals surface area (Å²) in [4.78, 5) is 14.2. The number of nitrogens with one attached hydrogen (secondary N) is 1. The lowest BCUT2D eigenvalue weighted by Gasteiger charge is -2.00. The molecule has 0 aliphatic heterocycles. The molecule has 28 heavy (non-hydrogen) atoms. The molecule has 7 heteroatoms. The molecule has 6 nitrogen and oxygen atoms in total. The van der Waals surface area contributed by atoms with Crippen molar-refractivity contribution in [2.75, 3.05) is 5.43 Å². The monoisotopic (exact) mass is 382 g/mol. The van der Waals surface area contributed by atoms with Gasteiger partial charge in [-0.2, -0.15) is 10.4 Å². The molecule has 1 aromatic carbocycles. The van der Waals surface area contributed by atoms with Gasteiger partial charge in [-0.25, -0.2) is 9.97 Å². The number of rotatable bonds is 5. The predicted molar refractivity (Wildman–Crippen MR) is 111 cm³/mol. The van der Waals surface area contributed by atoms with Gasteiger partial charge in [-0.15, -0.1) is 11.3 Å². The van der Waals surface area contributed by atoms with Gasteiger partial charge in [0.1, 0.15) is 5.01 Å². The summed E-state index contributed by atoms with van der Waals surface area (Å²) in [6, 6.07) is 18.8. The van der Waals surface area contributed by atoms with Crippen LogP contribution in [-0.2, 0) is 0 Å². The van der Waals surface area contributed by atoms with Crippen molar-refractivity contribution < 1.29 is 0 Å². The van der Waals surface area contributed by atoms with Gasteiger partial charge in [-0.3, -0.25) is 10.4 Å². The maximum atomic E-state index is 8.82. The highest BCUT2D eigenvalue weighted by Gasteiger charge is 2.08. The molecule has 0 unspecified atom stereocenters. The Kier molecular flexibility index (Phi) is 5.13. The molecule has 0 saturated carbocycles. The smallest absolute Gasteiger partial charge is 0.125 e. The Labute approximate surface area is 165 Å². The van der Waals surface area contributed by atoms with Crippen LogP contribution in [-0.4, -0.2) is 21.2 Å². The first-order valence-corrected chi connectivity index (χ1v) is 9.26. The van der Waals surface area contributed by atoms with Crippen LogP contribution in [0, 0.1) is 11.3 Å². The van der Waals surface area contributed by atoms with Gasteiger partial charge in [0.05, 0.1) is 39.8 Å². The topological polar surface area (TPSA) is 86.9 Å². The molecular formula is C21H14N6S. The first kappa shape index (κ1) is 17.5. The number of hydrogen-bond acceptors (Lipinski definition) is 7. The fourth-order valence-electron chi connectivity index (χ4n) is 2.47. The van der Waals surface area contributed by atoms with E-state index in [0.717, 1.165) is 32.5 Å². The van der Waals surface area contributed by atoms with E-state index >= 15 is 0 Å². The summed E-state index contributed by atoms with van der Waals surface area (Å²) in [5.74, 6) is 0. The predicted octanol–water partition coefficient (Wildman–Crippen LogP) is 4.58. The average molecular weight is 382 g/mol. The van der Waals surface area contributed by atoms with Gasteiger partial charge in [0.25, 0.3) is 0 Å². The largest absolute Gasteiger partial charge is 0.278 e. The number of nitriles is 1. The Morgan fingerprint density at radius 2 is 1.93 bits per heavy atom. The summed E-state index contributed by atoms with van der Waals surface area (Å²) in [6.07, 6.45) is 7.03. The van der Waals surface area contributed by atoms with E-state index in [-0.39, 0.29) is 0 Å². The van der Waals surface area contributed by atoms with Crippen LogP contribution in [0.25, 0.3) is 21.1 Å². The molecule has 4 aromatic rings. The molecule has 0 saturated heterocycles. The number of aromatic nitrogens is 3. The molecule has 1 N–H and O–H groups in total. The number of thiazole rings is 1. The van der Waals surface area contributed by atoms with E-state index in [1.165, 1.54) is 0 Å². The minimum absolute atomic E-state index is 0.610. The Hall–Kier alpha value is -3.89. The van der Waals surface area contributed by atoms with E-state index in [1.54, 1.807) is 54.2 Å². The van der Waals surface area contributed by atoms with Crippen LogP contribution in [0.15, 0.2) is 78.3 Å². The molecule has 0 fully saturated rings. The quantitative estimate of drug-likeness (QED) is 0.403. The van der Waals surface area contributed by atoms with Gasteiger partial charge in [-0.1, -0.05) is 6.07 Å². The Balaban J connectivity index is 1.48. The Morgan fingerprint density at radius 1 is 1.04 bits per heavy atom. The maximum Gasteiger partial charge on any atom is 0.125 e. The highest BCUT2D eigenvalue weighted by atomic mass is 32.1. The Bertz CT molecular complexity index is 1140. The fourth-order valence-corrected chi connectivity index (χ4v) is 3.34. The van der Waals surface area contributed by atoms with Crippen LogP contribution >= 0.6 is 11.3 Å². The number of anilines is 1. The number of pyridine rings is 2. The molecule has 0 aliphatic rings. The number of nitrogens with zero attached hydrogens (tertiary/aromatic N) is 5. The van der Waals surface area contributed by atoms with Crippen LogP contribution in [0.2, 0.25) is 0 Å². The molecule has 4 rings (SSSR count). The number of hydrogen-bond donors (Lipinski definition) is 1. The van der Waals surface area contributed by atoms with Gasteiger partial charge >= 0.3 is 0 Å². The van der Waals surface area contributed by atoms with E-state index in [9.17, 15) is 0 Å². The van der Waals surface area contributed by atoms with Crippen molar-refractivity contribution in [3.63, 3.8) is 0 Å². The van der Waals surface area contributed by atoms with Crippen molar-refractivity contribution >= 4 is 23.2 Å². The van der Waals surface area contributed by atoms with Crippen LogP contribution in [0.4, 0.5) is 5.69 Å². The van der Waals surface area contributed by atoms with Crippen molar-refractivity contribution in [2.24, 2.45) is 5.10 Å². The SMILES string of the molecule is N#Cc1ccc(N/N=C/c2cccc(-c3cnc(-c4cccnc4)s3)n2)cc1. The summed E-state index contributed by atoms with van der Waals surface area (Å²) < 4.78 is 0. The normalized spacial score (nSPS) is 10.7. The van der Waals surface area contributed by atoms with Crippen molar-refractivity contribution in [3.05, 3.63) is 84.4 Å². The first-order chi connectivity index (χ1) is 13.8. The van der Waals surface area contributed by atoms with E-state index in [1.807, 2.05) is 36.5 Å². The van der Waals surface area contributed by atoms with Gasteiger partial charge in [0.2, 0.25) is 0 Å². The first-order valence-electron chi connectivity index (χ1n) is 8.45. The summed E-state index contributed by atoms with van der Waals surface area (Å²) in [7, 11) is 0. The molecule has 0 aliphatic carbocycles. The molecule has 3 heterocycles. The van der Waals surface area contributed by atoms with Crippen LogP contribution < -0.4 is 5.43 Å². The number of hydrazone groups is 1. The zero-order valence-electron chi connectivity index (χ0n) is 14.6. The third kappa shape index (κ3) is 4.09. The molecular weight excluding hydrogens is 368 g/mol. The lowest BCUT2D eigenvalue weighted by molar-refractivity contribution is 1.28. The lowest BCUT2D eigenvalue weighted by atomic mass is 10.2. The zero-order valence-corrected chi connectivity index (χ0v) is 15.5. The van der Waals surface area contributed by atoms with Crippen molar-refractivity contribution in [1.29, 1.82) is 5.26 Å². The van der Waals surface area contributed by atoms with E-state index < -0.39 is 0 Å². The average Bonchev–Trinajstić information content (AvgIpc) is 3.26. The molecule has 134 valence electrons. The second-order valence-corrected chi connectivity index (χ2v) is 6.81. The molecule has 0 atom stereocenters. The summed E-state index contributed by atoms with van der Waals surface area (Å²) in [5, 5.41) is 13.9. The zero-order chi connectivity index (χ0) is 19.2. The third-order valence-corrected chi connectivity index (χ3v) is 4.91. The van der Waals surface area contributed by atoms with E-state index in [2.05, 4.69) is 31.5 Å². The third-order valence-electron chi connectivity index (χ3n) is 3.84. The molecule has 0 radical (unpaired) electrons. The minimum Gasteiger partial charge on any atom is -0.278 e. The highest BCUT2D eigenvalue weighted by molar-refractivity contribution is 7.18. The van der Waals surface area contributed by atoms with Crippen LogP contribution in [0.5, 0.6) is 0 Å². The minimum atomic E-state index is 0.610. The van der Waals surface area contributed by atoms with Crippen LogP contribution in [0.1, 0.15) is 11.3 Å².